The minimum absolute atomic E-state index is 0.404. The van der Waals surface area contributed by atoms with Crippen LogP contribution in [0.25, 0.3) is 0 Å². The van der Waals surface area contributed by atoms with Crippen LogP contribution < -0.4 is 10.2 Å². The lowest BCUT2D eigenvalue weighted by Gasteiger charge is -2.36. The Morgan fingerprint density at radius 3 is 2.63 bits per heavy atom. The Hall–Kier alpha value is -1.06. The molecule has 2 heterocycles. The molecule has 3 unspecified atom stereocenters. The molecule has 0 saturated carbocycles. The van der Waals surface area contributed by atoms with Crippen molar-refractivity contribution in [2.45, 2.75) is 44.9 Å². The largest absolute Gasteiger partial charge is 0.371 e. The van der Waals surface area contributed by atoms with E-state index in [1.807, 2.05) is 0 Å². The first-order valence-corrected chi connectivity index (χ1v) is 7.50. The van der Waals surface area contributed by atoms with E-state index in [-0.39, 0.29) is 0 Å². The maximum absolute atomic E-state index is 5.94. The maximum Gasteiger partial charge on any atom is 0.0755 e. The van der Waals surface area contributed by atoms with Crippen LogP contribution in [0.5, 0.6) is 0 Å². The second-order valence-electron chi connectivity index (χ2n) is 5.70. The molecule has 2 saturated heterocycles. The summed E-state index contributed by atoms with van der Waals surface area (Å²) in [7, 11) is 0. The van der Waals surface area contributed by atoms with E-state index in [0.717, 1.165) is 19.6 Å². The van der Waals surface area contributed by atoms with Gasteiger partial charge in [-0.2, -0.15) is 0 Å². The highest BCUT2D eigenvalue weighted by Gasteiger charge is 2.34. The third kappa shape index (κ3) is 2.63. The van der Waals surface area contributed by atoms with Crippen molar-refractivity contribution in [2.24, 2.45) is 0 Å². The highest BCUT2D eigenvalue weighted by molar-refractivity contribution is 5.55. The van der Waals surface area contributed by atoms with E-state index >= 15 is 0 Å². The highest BCUT2D eigenvalue weighted by Crippen LogP contribution is 2.33. The number of ether oxygens (including phenoxy) is 1. The average molecular weight is 260 g/mol. The monoisotopic (exact) mass is 260 g/mol. The molecule has 3 heteroatoms. The van der Waals surface area contributed by atoms with E-state index in [1.54, 1.807) is 0 Å². The van der Waals surface area contributed by atoms with Crippen LogP contribution in [0.15, 0.2) is 24.3 Å². The fourth-order valence-corrected chi connectivity index (χ4v) is 3.37. The SMILES string of the molecule is CCNC(C)c1ccccc1N1CC2CCC(C1)O2. The van der Waals surface area contributed by atoms with Gasteiger partial charge in [-0.1, -0.05) is 25.1 Å². The molecule has 0 amide bonds. The van der Waals surface area contributed by atoms with Gasteiger partial charge in [-0.15, -0.1) is 0 Å². The molecule has 0 aliphatic carbocycles. The summed E-state index contributed by atoms with van der Waals surface area (Å²) in [5.41, 5.74) is 2.79. The average Bonchev–Trinajstić information content (AvgIpc) is 2.78. The molecule has 2 aliphatic rings. The molecule has 2 bridgehead atoms. The third-order valence-corrected chi connectivity index (χ3v) is 4.30. The molecule has 0 aromatic heterocycles. The molecule has 3 rings (SSSR count). The van der Waals surface area contributed by atoms with Crippen LogP contribution in [0.3, 0.4) is 0 Å². The zero-order valence-electron chi connectivity index (χ0n) is 11.9. The molecular formula is C16H24N2O. The predicted molar refractivity (Wildman–Crippen MR) is 78.6 cm³/mol. The standard InChI is InChI=1S/C16H24N2O/c1-3-17-12(2)15-6-4-5-7-16(15)18-10-13-8-9-14(11-18)19-13/h4-7,12-14,17H,3,8-11H2,1-2H3. The smallest absolute Gasteiger partial charge is 0.0755 e. The summed E-state index contributed by atoms with van der Waals surface area (Å²) < 4.78 is 5.94. The zero-order chi connectivity index (χ0) is 13.2. The summed E-state index contributed by atoms with van der Waals surface area (Å²) in [5, 5.41) is 3.52. The number of benzene rings is 1. The first-order chi connectivity index (χ1) is 9.28. The highest BCUT2D eigenvalue weighted by atomic mass is 16.5. The lowest BCUT2D eigenvalue weighted by atomic mass is 10.0. The summed E-state index contributed by atoms with van der Waals surface area (Å²) in [4.78, 5) is 2.52. The number of hydrogen-bond donors (Lipinski definition) is 1. The van der Waals surface area contributed by atoms with Crippen molar-refractivity contribution in [3.8, 4) is 0 Å². The Morgan fingerprint density at radius 2 is 1.95 bits per heavy atom. The number of fused-ring (bicyclic) bond motifs is 2. The van der Waals surface area contributed by atoms with Crippen molar-refractivity contribution in [1.29, 1.82) is 0 Å². The lowest BCUT2D eigenvalue weighted by molar-refractivity contribution is 0.0304. The normalized spacial score (nSPS) is 27.6. The van der Waals surface area contributed by atoms with Crippen LogP contribution >= 0.6 is 0 Å². The van der Waals surface area contributed by atoms with Gasteiger partial charge < -0.3 is 15.0 Å². The van der Waals surface area contributed by atoms with Gasteiger partial charge in [-0.05, 0) is 37.9 Å². The maximum atomic E-state index is 5.94. The van der Waals surface area contributed by atoms with Crippen molar-refractivity contribution < 1.29 is 4.74 Å². The lowest BCUT2D eigenvalue weighted by Crippen LogP contribution is -2.43. The molecule has 0 radical (unpaired) electrons. The molecule has 1 aromatic carbocycles. The van der Waals surface area contributed by atoms with Crippen molar-refractivity contribution in [3.63, 3.8) is 0 Å². The summed E-state index contributed by atoms with van der Waals surface area (Å²) in [6.07, 6.45) is 3.35. The van der Waals surface area contributed by atoms with E-state index in [4.69, 9.17) is 4.74 Å². The minimum atomic E-state index is 0.404. The number of para-hydroxylation sites is 1. The summed E-state index contributed by atoms with van der Waals surface area (Å²) in [6, 6.07) is 9.20. The Labute approximate surface area is 115 Å². The molecule has 2 aliphatic heterocycles. The number of nitrogens with one attached hydrogen (secondary N) is 1. The quantitative estimate of drug-likeness (QED) is 0.901. The van der Waals surface area contributed by atoms with E-state index in [0.29, 0.717) is 18.2 Å². The first-order valence-electron chi connectivity index (χ1n) is 7.50. The van der Waals surface area contributed by atoms with Crippen molar-refractivity contribution in [2.75, 3.05) is 24.5 Å². The van der Waals surface area contributed by atoms with Gasteiger partial charge in [0.1, 0.15) is 0 Å². The summed E-state index contributed by atoms with van der Waals surface area (Å²) in [6.45, 7) is 7.51. The van der Waals surface area contributed by atoms with Gasteiger partial charge in [0.2, 0.25) is 0 Å². The van der Waals surface area contributed by atoms with Gasteiger partial charge >= 0.3 is 0 Å². The van der Waals surface area contributed by atoms with Gasteiger partial charge in [0.05, 0.1) is 12.2 Å². The van der Waals surface area contributed by atoms with Gasteiger partial charge in [-0.25, -0.2) is 0 Å². The molecule has 3 nitrogen and oxygen atoms in total. The molecular weight excluding hydrogens is 236 g/mol. The first kappa shape index (κ1) is 12.9. The molecule has 2 fully saturated rings. The Bertz CT molecular complexity index is 423. The molecule has 19 heavy (non-hydrogen) atoms. The number of nitrogens with zero attached hydrogens (tertiary/aromatic N) is 1. The summed E-state index contributed by atoms with van der Waals surface area (Å²) >= 11 is 0. The molecule has 1 N–H and O–H groups in total. The Morgan fingerprint density at radius 1 is 1.26 bits per heavy atom. The number of anilines is 1. The van der Waals surface area contributed by atoms with Gasteiger partial charge in [-0.3, -0.25) is 0 Å². The topological polar surface area (TPSA) is 24.5 Å². The van der Waals surface area contributed by atoms with E-state index in [1.165, 1.54) is 24.1 Å². The molecule has 0 spiro atoms. The van der Waals surface area contributed by atoms with Crippen molar-refractivity contribution in [3.05, 3.63) is 29.8 Å². The van der Waals surface area contributed by atoms with Crippen LogP contribution in [0, 0.1) is 0 Å². The van der Waals surface area contributed by atoms with Crippen LogP contribution in [0.4, 0.5) is 5.69 Å². The molecule has 104 valence electrons. The van der Waals surface area contributed by atoms with E-state index in [9.17, 15) is 0 Å². The van der Waals surface area contributed by atoms with Gasteiger partial charge in [0, 0.05) is 24.8 Å². The number of morpholine rings is 1. The van der Waals surface area contributed by atoms with Gasteiger partial charge in [0.25, 0.3) is 0 Å². The van der Waals surface area contributed by atoms with Crippen molar-refractivity contribution >= 4 is 5.69 Å². The summed E-state index contributed by atoms with van der Waals surface area (Å²) in [5.74, 6) is 0. The van der Waals surface area contributed by atoms with Gasteiger partial charge in [0.15, 0.2) is 0 Å². The van der Waals surface area contributed by atoms with Crippen LogP contribution in [0.1, 0.15) is 38.3 Å². The second kappa shape index (κ2) is 5.51. The minimum Gasteiger partial charge on any atom is -0.371 e. The van der Waals surface area contributed by atoms with E-state index < -0.39 is 0 Å². The number of hydrogen-bond acceptors (Lipinski definition) is 3. The van der Waals surface area contributed by atoms with Crippen LogP contribution in [0.2, 0.25) is 0 Å². The second-order valence-corrected chi connectivity index (χ2v) is 5.70. The predicted octanol–water partition coefficient (Wildman–Crippen LogP) is 2.72. The third-order valence-electron chi connectivity index (χ3n) is 4.30. The van der Waals surface area contributed by atoms with Crippen molar-refractivity contribution in [1.82, 2.24) is 5.32 Å². The molecule has 1 aromatic rings. The van der Waals surface area contributed by atoms with Crippen LogP contribution in [-0.2, 0) is 4.74 Å². The zero-order valence-corrected chi connectivity index (χ0v) is 11.9. The van der Waals surface area contributed by atoms with E-state index in [2.05, 4.69) is 48.3 Å². The Balaban J connectivity index is 1.83. The molecule has 3 atom stereocenters. The fourth-order valence-electron chi connectivity index (χ4n) is 3.37. The Kier molecular flexibility index (Phi) is 3.76. The fraction of sp³-hybridized carbons (Fsp3) is 0.625. The number of rotatable bonds is 4. The van der Waals surface area contributed by atoms with Crippen LogP contribution in [-0.4, -0.2) is 31.8 Å².